The fraction of sp³-hybridized carbons (Fsp3) is 0.438. The van der Waals surface area contributed by atoms with Crippen molar-refractivity contribution in [1.82, 2.24) is 9.19 Å². The number of aromatic nitrogens is 2. The van der Waals surface area contributed by atoms with Crippen molar-refractivity contribution < 1.29 is 22.7 Å². The van der Waals surface area contributed by atoms with Crippen molar-refractivity contribution in [2.75, 3.05) is 30.0 Å². The van der Waals surface area contributed by atoms with E-state index in [4.69, 9.17) is 10.5 Å². The summed E-state index contributed by atoms with van der Waals surface area (Å²) in [5, 5.41) is 6.06. The standard InChI is InChI=1S/C16H21F3N4O2S/c1-10-11(3-2-4-12(10)16(17,18)19)9-21-15-13(14(20)24)23(22-15)26-7-5-25-6-8-26/h2-4,21-22,26H,5-9H2,1H3,(H2,20,24). The predicted molar refractivity (Wildman–Crippen MR) is 95.7 cm³/mol. The quantitative estimate of drug-likeness (QED) is 0.592. The number of thiol groups is 1. The Morgan fingerprint density at radius 3 is 2.69 bits per heavy atom. The molecule has 2 heterocycles. The van der Waals surface area contributed by atoms with Crippen LogP contribution in [0.25, 0.3) is 0 Å². The minimum absolute atomic E-state index is 0.156. The van der Waals surface area contributed by atoms with E-state index in [1.165, 1.54) is 13.0 Å². The van der Waals surface area contributed by atoms with Gasteiger partial charge in [0.05, 0.1) is 18.8 Å². The van der Waals surface area contributed by atoms with Gasteiger partial charge < -0.3 is 15.8 Å². The van der Waals surface area contributed by atoms with E-state index >= 15 is 0 Å². The van der Waals surface area contributed by atoms with Gasteiger partial charge in [-0.05, 0) is 24.1 Å². The number of aromatic amines is 1. The largest absolute Gasteiger partial charge is 0.416 e. The lowest BCUT2D eigenvalue weighted by molar-refractivity contribution is -0.138. The molecule has 26 heavy (non-hydrogen) atoms. The number of carbonyl (C=O) groups is 1. The molecule has 0 aliphatic carbocycles. The molecule has 1 saturated heterocycles. The normalized spacial score (nSPS) is 16.7. The Balaban J connectivity index is 1.76. The van der Waals surface area contributed by atoms with Crippen molar-refractivity contribution in [3.8, 4) is 0 Å². The van der Waals surface area contributed by atoms with Crippen molar-refractivity contribution in [3.63, 3.8) is 0 Å². The number of benzene rings is 1. The lowest BCUT2D eigenvalue weighted by Crippen LogP contribution is -2.32. The van der Waals surface area contributed by atoms with Crippen molar-refractivity contribution >= 4 is 22.8 Å². The molecule has 1 aliphatic rings. The van der Waals surface area contributed by atoms with Crippen molar-refractivity contribution in [2.45, 2.75) is 19.6 Å². The number of nitrogens with two attached hydrogens (primary N) is 1. The van der Waals surface area contributed by atoms with Gasteiger partial charge in [-0.2, -0.15) is 24.3 Å². The number of rotatable bonds is 5. The van der Waals surface area contributed by atoms with Crippen LogP contribution >= 0.6 is 11.1 Å². The molecule has 0 unspecified atom stereocenters. The maximum absolute atomic E-state index is 13.0. The highest BCUT2D eigenvalue weighted by Crippen LogP contribution is 2.36. The maximum Gasteiger partial charge on any atom is 0.416 e. The van der Waals surface area contributed by atoms with E-state index in [9.17, 15) is 18.0 Å². The highest BCUT2D eigenvalue weighted by atomic mass is 32.2. The number of anilines is 1. The number of hydrogen-bond acceptors (Lipinski definition) is 3. The van der Waals surface area contributed by atoms with Crippen LogP contribution in [0.3, 0.4) is 0 Å². The maximum atomic E-state index is 13.0. The van der Waals surface area contributed by atoms with Crippen molar-refractivity contribution in [1.29, 1.82) is 0 Å². The summed E-state index contributed by atoms with van der Waals surface area (Å²) >= 11 is -0.587. The molecule has 0 spiro atoms. The summed E-state index contributed by atoms with van der Waals surface area (Å²) in [4.78, 5) is 11.8. The molecule has 3 rings (SSSR count). The summed E-state index contributed by atoms with van der Waals surface area (Å²) in [6.07, 6.45) is -4.39. The highest BCUT2D eigenvalue weighted by Gasteiger charge is 2.33. The molecular weight excluding hydrogens is 369 g/mol. The average molecular weight is 390 g/mol. The summed E-state index contributed by atoms with van der Waals surface area (Å²) in [7, 11) is 0. The van der Waals surface area contributed by atoms with E-state index in [1.807, 2.05) is 0 Å². The minimum atomic E-state index is -4.39. The molecule has 1 aromatic heterocycles. The minimum Gasteiger partial charge on any atom is -0.380 e. The molecule has 0 bridgehead atoms. The smallest absolute Gasteiger partial charge is 0.380 e. The zero-order valence-electron chi connectivity index (χ0n) is 14.2. The van der Waals surface area contributed by atoms with Crippen LogP contribution in [-0.4, -0.2) is 39.8 Å². The van der Waals surface area contributed by atoms with Crippen LogP contribution in [0.4, 0.5) is 19.0 Å². The fourth-order valence-corrected chi connectivity index (χ4v) is 4.98. The second kappa shape index (κ2) is 7.28. The third-order valence-electron chi connectivity index (χ3n) is 4.38. The first kappa shape index (κ1) is 18.7. The second-order valence-corrected chi connectivity index (χ2v) is 8.33. The lowest BCUT2D eigenvalue weighted by Gasteiger charge is -2.34. The number of nitrogens with one attached hydrogen (secondary N) is 2. The van der Waals surface area contributed by atoms with E-state index in [1.54, 1.807) is 10.2 Å². The summed E-state index contributed by atoms with van der Waals surface area (Å²) in [6.45, 7) is 2.88. The summed E-state index contributed by atoms with van der Waals surface area (Å²) in [5.41, 5.74) is 5.84. The number of hydrogen-bond donors (Lipinski definition) is 4. The van der Waals surface area contributed by atoms with Gasteiger partial charge in [0.25, 0.3) is 5.91 Å². The molecule has 10 heteroatoms. The van der Waals surface area contributed by atoms with Crippen LogP contribution in [0.2, 0.25) is 0 Å². The van der Waals surface area contributed by atoms with E-state index in [0.717, 1.165) is 17.6 Å². The zero-order valence-corrected chi connectivity index (χ0v) is 15.1. The van der Waals surface area contributed by atoms with Gasteiger partial charge in [-0.25, -0.2) is 4.09 Å². The monoisotopic (exact) mass is 390 g/mol. The number of primary amides is 1. The van der Waals surface area contributed by atoms with Gasteiger partial charge in [0.2, 0.25) is 0 Å². The number of ether oxygens (including phenoxy) is 1. The first-order valence-corrected chi connectivity index (χ1v) is 9.78. The molecule has 1 fully saturated rings. The number of halogens is 3. The summed E-state index contributed by atoms with van der Waals surface area (Å²) < 4.78 is 46.1. The van der Waals surface area contributed by atoms with Crippen LogP contribution in [0, 0.1) is 6.92 Å². The Morgan fingerprint density at radius 2 is 2.08 bits per heavy atom. The fourth-order valence-electron chi connectivity index (χ4n) is 2.95. The summed E-state index contributed by atoms with van der Waals surface area (Å²) in [6, 6.07) is 4.06. The molecule has 4 N–H and O–H groups in total. The Kier molecular flexibility index (Phi) is 5.24. The number of alkyl halides is 3. The zero-order chi connectivity index (χ0) is 18.9. The number of carbonyl (C=O) groups excluding carboxylic acids is 1. The van der Waals surface area contributed by atoms with Crippen molar-refractivity contribution in [2.24, 2.45) is 5.73 Å². The Morgan fingerprint density at radius 1 is 1.38 bits per heavy atom. The first-order chi connectivity index (χ1) is 12.3. The molecule has 144 valence electrons. The van der Waals surface area contributed by atoms with Gasteiger partial charge >= 0.3 is 6.18 Å². The number of amides is 1. The van der Waals surface area contributed by atoms with Gasteiger partial charge in [0.1, 0.15) is 0 Å². The van der Waals surface area contributed by atoms with Crippen molar-refractivity contribution in [3.05, 3.63) is 40.6 Å². The second-order valence-electron chi connectivity index (χ2n) is 6.02. The molecule has 1 aromatic carbocycles. The molecular formula is C16H21F3N4O2S. The first-order valence-electron chi connectivity index (χ1n) is 8.12. The number of H-pyrrole nitrogens is 1. The van der Waals surface area contributed by atoms with Crippen LogP contribution < -0.4 is 11.1 Å². The van der Waals surface area contributed by atoms with Gasteiger partial charge in [-0.15, -0.1) is 0 Å². The molecule has 1 aliphatic heterocycles. The Hall–Kier alpha value is -2.07. The SMILES string of the molecule is Cc1c(CNc2[nH]n([SH]3CCOCC3)c2C(N)=O)cccc1C(F)(F)F. The third-order valence-corrected chi connectivity index (χ3v) is 6.64. The van der Waals surface area contributed by atoms with E-state index in [-0.39, 0.29) is 12.1 Å². The van der Waals surface area contributed by atoms with Gasteiger partial charge in [0, 0.05) is 18.1 Å². The molecule has 0 atom stereocenters. The molecule has 6 nitrogen and oxygen atoms in total. The predicted octanol–water partition coefficient (Wildman–Crippen LogP) is 2.65. The van der Waals surface area contributed by atoms with E-state index < -0.39 is 28.7 Å². The molecule has 0 radical (unpaired) electrons. The molecule has 1 amide bonds. The van der Waals surface area contributed by atoms with Crippen LogP contribution in [0.1, 0.15) is 27.2 Å². The van der Waals surface area contributed by atoms with Crippen LogP contribution in [0.5, 0.6) is 0 Å². The van der Waals surface area contributed by atoms with E-state index in [2.05, 4.69) is 10.4 Å². The lowest BCUT2D eigenvalue weighted by atomic mass is 10.0. The van der Waals surface area contributed by atoms with E-state index in [0.29, 0.717) is 30.3 Å². The van der Waals surface area contributed by atoms with Crippen LogP contribution in [0.15, 0.2) is 18.2 Å². The number of nitrogens with zero attached hydrogens (tertiary/aromatic N) is 1. The van der Waals surface area contributed by atoms with Gasteiger partial charge in [-0.3, -0.25) is 9.89 Å². The molecule has 2 aromatic rings. The Labute approximate surface area is 151 Å². The average Bonchev–Trinajstić information content (AvgIpc) is 2.54. The Bertz CT molecular complexity index is 794. The van der Waals surface area contributed by atoms with Gasteiger partial charge in [-0.1, -0.05) is 12.1 Å². The summed E-state index contributed by atoms with van der Waals surface area (Å²) in [5.74, 6) is 1.54. The topological polar surface area (TPSA) is 85.1 Å². The van der Waals surface area contributed by atoms with Gasteiger partial charge in [0.15, 0.2) is 11.5 Å². The molecule has 0 saturated carbocycles. The highest BCUT2D eigenvalue weighted by molar-refractivity contribution is 8.15. The third kappa shape index (κ3) is 3.70. The van der Waals surface area contributed by atoms with Crippen LogP contribution in [-0.2, 0) is 17.5 Å².